The number of ketones is 1. The molecule has 112 valence electrons. The molecule has 0 aliphatic carbocycles. The molecule has 0 unspecified atom stereocenters. The van der Waals surface area contributed by atoms with Crippen molar-refractivity contribution in [1.29, 1.82) is 0 Å². The maximum atomic E-state index is 13.3. The molecule has 0 fully saturated rings. The molecule has 0 bridgehead atoms. The molecular formula is C17H26FNO. The minimum atomic E-state index is -0.420. The Morgan fingerprint density at radius 3 is 2.25 bits per heavy atom. The van der Waals surface area contributed by atoms with Gasteiger partial charge in [0.15, 0.2) is 5.78 Å². The molecule has 1 aromatic rings. The molecule has 0 aliphatic heterocycles. The molecule has 0 heterocycles. The maximum Gasteiger partial charge on any atom is 0.155 e. The summed E-state index contributed by atoms with van der Waals surface area (Å²) < 4.78 is 13.3. The number of Topliss-reactive ketones (excluding diaryl/α,β-unsaturated/α-hetero) is 1. The Labute approximate surface area is 121 Å². The van der Waals surface area contributed by atoms with E-state index < -0.39 is 5.41 Å². The van der Waals surface area contributed by atoms with Gasteiger partial charge < -0.3 is 5.32 Å². The predicted molar refractivity (Wildman–Crippen MR) is 81.2 cm³/mol. The highest BCUT2D eigenvalue weighted by molar-refractivity contribution is 5.89. The summed E-state index contributed by atoms with van der Waals surface area (Å²) in [6.45, 7) is 11.8. The van der Waals surface area contributed by atoms with E-state index in [1.165, 1.54) is 12.1 Å². The van der Waals surface area contributed by atoms with Crippen LogP contribution in [-0.4, -0.2) is 17.4 Å². The average molecular weight is 279 g/mol. The monoisotopic (exact) mass is 279 g/mol. The second-order valence-electron chi connectivity index (χ2n) is 7.40. The van der Waals surface area contributed by atoms with Crippen LogP contribution < -0.4 is 5.32 Å². The van der Waals surface area contributed by atoms with Crippen molar-refractivity contribution in [1.82, 2.24) is 5.32 Å². The Bertz CT molecular complexity index is 469. The molecule has 0 spiro atoms. The van der Waals surface area contributed by atoms with E-state index in [0.717, 1.165) is 5.56 Å². The van der Waals surface area contributed by atoms with Gasteiger partial charge in [0.05, 0.1) is 6.04 Å². The molecule has 3 heteroatoms. The largest absolute Gasteiger partial charge is 0.302 e. The highest BCUT2D eigenvalue weighted by Crippen LogP contribution is 2.21. The van der Waals surface area contributed by atoms with Crippen molar-refractivity contribution in [3.05, 3.63) is 35.6 Å². The topological polar surface area (TPSA) is 29.1 Å². The van der Waals surface area contributed by atoms with Gasteiger partial charge in [0.2, 0.25) is 0 Å². The van der Waals surface area contributed by atoms with Gasteiger partial charge in [-0.1, -0.05) is 32.9 Å². The van der Waals surface area contributed by atoms with E-state index in [-0.39, 0.29) is 23.2 Å². The second-order valence-corrected chi connectivity index (χ2v) is 7.40. The molecule has 0 saturated heterocycles. The number of halogens is 1. The first kappa shape index (κ1) is 16.8. The summed E-state index contributed by atoms with van der Waals surface area (Å²) in [5.74, 6) is -0.114. The zero-order valence-corrected chi connectivity index (χ0v) is 13.4. The summed E-state index contributed by atoms with van der Waals surface area (Å²) in [6, 6.07) is 6.14. The van der Waals surface area contributed by atoms with Crippen LogP contribution >= 0.6 is 0 Å². The van der Waals surface area contributed by atoms with E-state index in [2.05, 4.69) is 5.32 Å². The molecule has 1 aromatic carbocycles. The summed E-state index contributed by atoms with van der Waals surface area (Å²) in [4.78, 5) is 12.6. The van der Waals surface area contributed by atoms with Gasteiger partial charge in [-0.15, -0.1) is 0 Å². The second kappa shape index (κ2) is 6.04. The molecule has 0 radical (unpaired) electrons. The van der Waals surface area contributed by atoms with E-state index in [1.807, 2.05) is 47.6 Å². The maximum absolute atomic E-state index is 13.3. The van der Waals surface area contributed by atoms with Crippen molar-refractivity contribution in [3.8, 4) is 0 Å². The third-order valence-corrected chi connectivity index (χ3v) is 2.99. The lowest BCUT2D eigenvalue weighted by molar-refractivity contribution is -0.128. The molecule has 20 heavy (non-hydrogen) atoms. The Kier molecular flexibility index (Phi) is 5.09. The minimum absolute atomic E-state index is 0.150. The molecule has 1 atom stereocenters. The fraction of sp³-hybridized carbons (Fsp3) is 0.588. The van der Waals surface area contributed by atoms with Gasteiger partial charge in [0.1, 0.15) is 5.82 Å². The summed E-state index contributed by atoms with van der Waals surface area (Å²) in [7, 11) is 0. The van der Waals surface area contributed by atoms with Crippen LogP contribution in [0.4, 0.5) is 4.39 Å². The van der Waals surface area contributed by atoms with Crippen LogP contribution in [0.2, 0.25) is 0 Å². The van der Waals surface area contributed by atoms with Crippen LogP contribution in [0.15, 0.2) is 24.3 Å². The van der Waals surface area contributed by atoms with Gasteiger partial charge in [0.25, 0.3) is 0 Å². The highest BCUT2D eigenvalue weighted by atomic mass is 19.1. The van der Waals surface area contributed by atoms with Gasteiger partial charge in [0, 0.05) is 11.0 Å². The zero-order chi connectivity index (χ0) is 15.6. The van der Waals surface area contributed by atoms with Crippen molar-refractivity contribution in [2.24, 2.45) is 5.41 Å². The third-order valence-electron chi connectivity index (χ3n) is 2.99. The molecule has 0 saturated carbocycles. The summed E-state index contributed by atoms with van der Waals surface area (Å²) in [5, 5.41) is 3.36. The van der Waals surface area contributed by atoms with Gasteiger partial charge >= 0.3 is 0 Å². The van der Waals surface area contributed by atoms with Crippen LogP contribution in [0.5, 0.6) is 0 Å². The van der Waals surface area contributed by atoms with Gasteiger partial charge in [-0.25, -0.2) is 4.39 Å². The van der Waals surface area contributed by atoms with Crippen molar-refractivity contribution >= 4 is 5.78 Å². The summed E-state index contributed by atoms with van der Waals surface area (Å²) in [5.41, 5.74) is 0.249. The lowest BCUT2D eigenvalue weighted by Gasteiger charge is -2.32. The molecule has 0 amide bonds. The van der Waals surface area contributed by atoms with Gasteiger partial charge in [-0.2, -0.15) is 0 Å². The van der Waals surface area contributed by atoms with Crippen LogP contribution in [-0.2, 0) is 11.2 Å². The standard InChI is InChI=1S/C17H26FNO/c1-16(2,3)15(20)14(19-17(4,5)6)11-12-8-7-9-13(18)10-12/h7-10,14,19H,11H2,1-6H3/t14-/m1/s1. The van der Waals surface area contributed by atoms with Crippen molar-refractivity contribution in [2.45, 2.75) is 59.5 Å². The molecule has 1 rings (SSSR count). The first-order chi connectivity index (χ1) is 8.99. The lowest BCUT2D eigenvalue weighted by Crippen LogP contribution is -2.51. The van der Waals surface area contributed by atoms with E-state index in [1.54, 1.807) is 6.07 Å². The molecule has 1 N–H and O–H groups in total. The third kappa shape index (κ3) is 5.41. The number of rotatable bonds is 4. The zero-order valence-electron chi connectivity index (χ0n) is 13.4. The number of benzene rings is 1. The average Bonchev–Trinajstić information content (AvgIpc) is 2.24. The van der Waals surface area contributed by atoms with Gasteiger partial charge in [-0.3, -0.25) is 4.79 Å². The van der Waals surface area contributed by atoms with Crippen LogP contribution in [0.25, 0.3) is 0 Å². The van der Waals surface area contributed by atoms with Crippen molar-refractivity contribution in [2.75, 3.05) is 0 Å². The van der Waals surface area contributed by atoms with Gasteiger partial charge in [-0.05, 0) is 44.9 Å². The van der Waals surface area contributed by atoms with E-state index in [4.69, 9.17) is 0 Å². The smallest absolute Gasteiger partial charge is 0.155 e. The van der Waals surface area contributed by atoms with Crippen LogP contribution in [0, 0.1) is 11.2 Å². The summed E-state index contributed by atoms with van der Waals surface area (Å²) >= 11 is 0. The molecular weight excluding hydrogens is 253 g/mol. The quantitative estimate of drug-likeness (QED) is 0.909. The highest BCUT2D eigenvalue weighted by Gasteiger charge is 2.31. The molecule has 2 nitrogen and oxygen atoms in total. The van der Waals surface area contributed by atoms with Crippen molar-refractivity contribution in [3.63, 3.8) is 0 Å². The lowest BCUT2D eigenvalue weighted by atomic mass is 9.83. The normalized spacial score (nSPS) is 14.2. The van der Waals surface area contributed by atoms with Crippen LogP contribution in [0.1, 0.15) is 47.1 Å². The predicted octanol–water partition coefficient (Wildman–Crippen LogP) is 3.74. The first-order valence-electron chi connectivity index (χ1n) is 7.05. The Morgan fingerprint density at radius 1 is 1.20 bits per heavy atom. The van der Waals surface area contributed by atoms with Crippen LogP contribution in [0.3, 0.4) is 0 Å². The Morgan fingerprint density at radius 2 is 1.80 bits per heavy atom. The van der Waals surface area contributed by atoms with E-state index in [0.29, 0.717) is 6.42 Å². The van der Waals surface area contributed by atoms with E-state index in [9.17, 15) is 9.18 Å². The molecule has 0 aliphatic rings. The Hall–Kier alpha value is -1.22. The minimum Gasteiger partial charge on any atom is -0.302 e. The summed E-state index contributed by atoms with van der Waals surface area (Å²) in [6.07, 6.45) is 0.505. The Balaban J connectivity index is 2.97. The van der Waals surface area contributed by atoms with E-state index >= 15 is 0 Å². The number of hydrogen-bond acceptors (Lipinski definition) is 2. The molecule has 0 aromatic heterocycles. The number of nitrogens with one attached hydrogen (secondary N) is 1. The SMILES string of the molecule is CC(C)(C)N[C@H](Cc1cccc(F)c1)C(=O)C(C)(C)C. The fourth-order valence-electron chi connectivity index (χ4n) is 2.15. The number of carbonyl (C=O) groups excluding carboxylic acids is 1. The number of carbonyl (C=O) groups is 1. The first-order valence-corrected chi connectivity index (χ1v) is 7.05. The van der Waals surface area contributed by atoms with Crippen molar-refractivity contribution < 1.29 is 9.18 Å². The fourth-order valence-corrected chi connectivity index (χ4v) is 2.15. The number of hydrogen-bond donors (Lipinski definition) is 1.